The molecule has 0 aliphatic heterocycles. The summed E-state index contributed by atoms with van der Waals surface area (Å²) < 4.78 is 5.74. The Morgan fingerprint density at radius 2 is 1.81 bits per heavy atom. The molecule has 0 aromatic heterocycles. The summed E-state index contributed by atoms with van der Waals surface area (Å²) >= 11 is 0. The number of ether oxygens (including phenoxy) is 1. The van der Waals surface area contributed by atoms with Crippen molar-refractivity contribution in [3.05, 3.63) is 60.2 Å². The van der Waals surface area contributed by atoms with E-state index in [0.29, 0.717) is 6.61 Å². The van der Waals surface area contributed by atoms with Gasteiger partial charge < -0.3 is 4.74 Å². The molecule has 0 bridgehead atoms. The minimum Gasteiger partial charge on any atom is -0.489 e. The first-order valence-electron chi connectivity index (χ1n) is 5.33. The van der Waals surface area contributed by atoms with Crippen molar-refractivity contribution in [1.29, 1.82) is 0 Å². The number of rotatable bonds is 4. The van der Waals surface area contributed by atoms with Gasteiger partial charge in [0, 0.05) is 0 Å². The standard InChI is InChI=1S/C14H15OP/c1-16-14-9-5-8-13(10-14)15-11-12-6-3-2-4-7-12/h2-10,16H,11H2,1H3. The van der Waals surface area contributed by atoms with Gasteiger partial charge >= 0.3 is 0 Å². The van der Waals surface area contributed by atoms with Crippen molar-refractivity contribution in [2.45, 2.75) is 6.61 Å². The third kappa shape index (κ3) is 3.08. The molecule has 0 saturated heterocycles. The van der Waals surface area contributed by atoms with Crippen LogP contribution in [0, 0.1) is 0 Å². The van der Waals surface area contributed by atoms with Gasteiger partial charge in [-0.15, -0.1) is 0 Å². The van der Waals surface area contributed by atoms with E-state index in [1.807, 2.05) is 30.3 Å². The topological polar surface area (TPSA) is 9.23 Å². The summed E-state index contributed by atoms with van der Waals surface area (Å²) in [6.07, 6.45) is 0. The highest BCUT2D eigenvalue weighted by Gasteiger charge is 1.96. The highest BCUT2D eigenvalue weighted by Crippen LogP contribution is 2.14. The van der Waals surface area contributed by atoms with Crippen molar-refractivity contribution in [1.82, 2.24) is 0 Å². The van der Waals surface area contributed by atoms with E-state index in [1.165, 1.54) is 10.9 Å². The predicted molar refractivity (Wildman–Crippen MR) is 71.1 cm³/mol. The molecule has 0 spiro atoms. The minimum absolute atomic E-state index is 0.636. The Hall–Kier alpha value is -1.33. The summed E-state index contributed by atoms with van der Waals surface area (Å²) in [7, 11) is 0.817. The van der Waals surface area contributed by atoms with Crippen LogP contribution in [0.25, 0.3) is 0 Å². The van der Waals surface area contributed by atoms with Crippen molar-refractivity contribution in [3.8, 4) is 5.75 Å². The summed E-state index contributed by atoms with van der Waals surface area (Å²) in [5.41, 5.74) is 1.20. The van der Waals surface area contributed by atoms with Crippen LogP contribution in [-0.2, 0) is 6.61 Å². The van der Waals surface area contributed by atoms with Crippen LogP contribution in [0.15, 0.2) is 54.6 Å². The highest BCUT2D eigenvalue weighted by molar-refractivity contribution is 7.46. The van der Waals surface area contributed by atoms with E-state index in [9.17, 15) is 0 Å². The SMILES string of the molecule is CPc1cccc(OCc2ccccc2)c1. The Labute approximate surface area is 98.2 Å². The van der Waals surface area contributed by atoms with E-state index < -0.39 is 0 Å². The van der Waals surface area contributed by atoms with Gasteiger partial charge in [-0.1, -0.05) is 51.0 Å². The zero-order valence-electron chi connectivity index (χ0n) is 9.31. The first-order chi connectivity index (χ1) is 7.88. The maximum absolute atomic E-state index is 5.74. The lowest BCUT2D eigenvalue weighted by Crippen LogP contribution is -1.98. The van der Waals surface area contributed by atoms with Crippen molar-refractivity contribution in [2.24, 2.45) is 0 Å². The lowest BCUT2D eigenvalue weighted by Gasteiger charge is -2.07. The fourth-order valence-electron chi connectivity index (χ4n) is 1.48. The third-order valence-electron chi connectivity index (χ3n) is 2.37. The first-order valence-corrected chi connectivity index (χ1v) is 6.83. The van der Waals surface area contributed by atoms with Crippen molar-refractivity contribution >= 4 is 13.9 Å². The van der Waals surface area contributed by atoms with Gasteiger partial charge in [-0.25, -0.2) is 0 Å². The molecule has 2 aromatic rings. The van der Waals surface area contributed by atoms with Gasteiger partial charge in [-0.05, 0) is 29.7 Å². The number of hydrogen-bond acceptors (Lipinski definition) is 1. The average molecular weight is 230 g/mol. The van der Waals surface area contributed by atoms with Crippen LogP contribution < -0.4 is 10.0 Å². The molecule has 2 rings (SSSR count). The number of benzene rings is 2. The molecule has 0 fully saturated rings. The largest absolute Gasteiger partial charge is 0.489 e. The maximum Gasteiger partial charge on any atom is 0.120 e. The van der Waals surface area contributed by atoms with Gasteiger partial charge in [-0.3, -0.25) is 0 Å². The maximum atomic E-state index is 5.74. The fraction of sp³-hybridized carbons (Fsp3) is 0.143. The molecule has 0 saturated carbocycles. The lowest BCUT2D eigenvalue weighted by molar-refractivity contribution is 0.306. The van der Waals surface area contributed by atoms with E-state index >= 15 is 0 Å². The molecule has 1 nitrogen and oxygen atoms in total. The first kappa shape index (κ1) is 11.2. The Bertz CT molecular complexity index is 439. The second-order valence-corrected chi connectivity index (χ2v) is 4.63. The Morgan fingerprint density at radius 1 is 1.00 bits per heavy atom. The smallest absolute Gasteiger partial charge is 0.120 e. The summed E-state index contributed by atoms with van der Waals surface area (Å²) in [4.78, 5) is 0. The van der Waals surface area contributed by atoms with E-state index in [0.717, 1.165) is 14.3 Å². The molecule has 1 unspecified atom stereocenters. The van der Waals surface area contributed by atoms with Crippen LogP contribution in [-0.4, -0.2) is 6.66 Å². The molecular weight excluding hydrogens is 215 g/mol. The molecule has 0 heterocycles. The summed E-state index contributed by atoms with van der Waals surface area (Å²) in [5, 5.41) is 1.34. The van der Waals surface area contributed by atoms with E-state index in [4.69, 9.17) is 4.74 Å². The minimum atomic E-state index is 0.636. The van der Waals surface area contributed by atoms with Gasteiger partial charge in [0.2, 0.25) is 0 Å². The second-order valence-electron chi connectivity index (χ2n) is 3.55. The molecule has 0 radical (unpaired) electrons. The monoisotopic (exact) mass is 230 g/mol. The third-order valence-corrected chi connectivity index (χ3v) is 3.26. The van der Waals surface area contributed by atoms with Gasteiger partial charge in [0.05, 0.1) is 0 Å². The Balaban J connectivity index is 1.99. The molecule has 2 heteroatoms. The normalized spacial score (nSPS) is 10.8. The quantitative estimate of drug-likeness (QED) is 0.733. The average Bonchev–Trinajstić information content (AvgIpc) is 2.38. The second kappa shape index (κ2) is 5.67. The molecule has 0 aliphatic carbocycles. The Kier molecular flexibility index (Phi) is 3.96. The van der Waals surface area contributed by atoms with Gasteiger partial charge in [0.15, 0.2) is 0 Å². The number of hydrogen-bond donors (Lipinski definition) is 0. The van der Waals surface area contributed by atoms with Crippen LogP contribution in [0.3, 0.4) is 0 Å². The lowest BCUT2D eigenvalue weighted by atomic mass is 10.2. The molecule has 0 amide bonds. The highest BCUT2D eigenvalue weighted by atomic mass is 31.1. The van der Waals surface area contributed by atoms with E-state index in [2.05, 4.69) is 30.9 Å². The van der Waals surface area contributed by atoms with E-state index in [1.54, 1.807) is 0 Å². The van der Waals surface area contributed by atoms with Crippen molar-refractivity contribution < 1.29 is 4.74 Å². The van der Waals surface area contributed by atoms with Crippen LogP contribution in [0.1, 0.15) is 5.56 Å². The summed E-state index contributed by atoms with van der Waals surface area (Å²) in [5.74, 6) is 0.954. The molecule has 82 valence electrons. The molecule has 2 aromatic carbocycles. The molecular formula is C14H15OP. The predicted octanol–water partition coefficient (Wildman–Crippen LogP) is 3.20. The van der Waals surface area contributed by atoms with Gasteiger partial charge in [-0.2, -0.15) is 0 Å². The Morgan fingerprint density at radius 3 is 2.56 bits per heavy atom. The fourth-order valence-corrected chi connectivity index (χ4v) is 2.03. The van der Waals surface area contributed by atoms with Crippen LogP contribution in [0.2, 0.25) is 0 Å². The zero-order valence-corrected chi connectivity index (χ0v) is 10.3. The molecule has 0 N–H and O–H groups in total. The zero-order chi connectivity index (χ0) is 11.2. The van der Waals surface area contributed by atoms with Crippen molar-refractivity contribution in [2.75, 3.05) is 6.66 Å². The van der Waals surface area contributed by atoms with E-state index in [-0.39, 0.29) is 0 Å². The van der Waals surface area contributed by atoms with Crippen LogP contribution in [0.4, 0.5) is 0 Å². The summed E-state index contributed by atoms with van der Waals surface area (Å²) in [6, 6.07) is 18.5. The van der Waals surface area contributed by atoms with Gasteiger partial charge in [0.25, 0.3) is 0 Å². The van der Waals surface area contributed by atoms with Gasteiger partial charge in [0.1, 0.15) is 12.4 Å². The molecule has 16 heavy (non-hydrogen) atoms. The van der Waals surface area contributed by atoms with Crippen LogP contribution in [0.5, 0.6) is 5.75 Å². The molecule has 0 aliphatic rings. The van der Waals surface area contributed by atoms with Crippen LogP contribution >= 0.6 is 8.58 Å². The molecule has 1 atom stereocenters. The summed E-state index contributed by atoms with van der Waals surface area (Å²) in [6.45, 7) is 2.81. The van der Waals surface area contributed by atoms with Crippen molar-refractivity contribution in [3.63, 3.8) is 0 Å².